The first-order valence-corrected chi connectivity index (χ1v) is 8.10. The van der Waals surface area contributed by atoms with Crippen LogP contribution in [0.5, 0.6) is 0 Å². The minimum Gasteiger partial charge on any atom is -0.354 e. The molecule has 1 rings (SSSR count). The van der Waals surface area contributed by atoms with Gasteiger partial charge in [-0.25, -0.2) is 0 Å². The van der Waals surface area contributed by atoms with Crippen LogP contribution in [0.15, 0.2) is 18.2 Å². The molecule has 0 unspecified atom stereocenters. The number of amides is 2. The van der Waals surface area contributed by atoms with Crippen molar-refractivity contribution in [3.8, 4) is 0 Å². The Morgan fingerprint density at radius 3 is 2.41 bits per heavy atom. The van der Waals surface area contributed by atoms with Crippen molar-refractivity contribution in [1.82, 2.24) is 5.32 Å². The average molecular weight is 325 g/mol. The Morgan fingerprint density at radius 2 is 1.91 bits per heavy atom. The third-order valence-electron chi connectivity index (χ3n) is 3.84. The second-order valence-corrected chi connectivity index (χ2v) is 5.82. The first-order chi connectivity index (χ1) is 10.4. The van der Waals surface area contributed by atoms with Gasteiger partial charge in [0.05, 0.1) is 0 Å². The Hall–Kier alpha value is -1.55. The maximum absolute atomic E-state index is 12.0. The minimum atomic E-state index is -0.0725. The zero-order chi connectivity index (χ0) is 16.7. The zero-order valence-electron chi connectivity index (χ0n) is 13.8. The van der Waals surface area contributed by atoms with Gasteiger partial charge in [-0.1, -0.05) is 31.5 Å². The molecule has 0 aliphatic rings. The molecule has 1 aromatic rings. The molecule has 2 amide bonds. The van der Waals surface area contributed by atoms with Gasteiger partial charge < -0.3 is 10.2 Å². The number of nitrogens with zero attached hydrogens (tertiary/aromatic N) is 1. The van der Waals surface area contributed by atoms with Crippen molar-refractivity contribution in [2.45, 2.75) is 40.5 Å². The van der Waals surface area contributed by atoms with Crippen LogP contribution in [0.3, 0.4) is 0 Å². The SMILES string of the molecule is CCC(CC)C(=O)NCCN(C(C)=O)c1ccc(C)c(Cl)c1. The molecule has 0 heterocycles. The highest BCUT2D eigenvalue weighted by atomic mass is 35.5. The molecule has 0 radical (unpaired) electrons. The van der Waals surface area contributed by atoms with Crippen molar-refractivity contribution >= 4 is 29.1 Å². The van der Waals surface area contributed by atoms with E-state index in [0.29, 0.717) is 18.1 Å². The van der Waals surface area contributed by atoms with Gasteiger partial charge in [-0.15, -0.1) is 0 Å². The molecule has 0 bridgehead atoms. The number of nitrogens with one attached hydrogen (secondary N) is 1. The van der Waals surface area contributed by atoms with E-state index in [1.807, 2.05) is 32.9 Å². The zero-order valence-corrected chi connectivity index (χ0v) is 14.5. The Morgan fingerprint density at radius 1 is 1.27 bits per heavy atom. The first-order valence-electron chi connectivity index (χ1n) is 7.72. The molecule has 0 saturated heterocycles. The summed E-state index contributed by atoms with van der Waals surface area (Å²) in [5, 5.41) is 3.53. The monoisotopic (exact) mass is 324 g/mol. The summed E-state index contributed by atoms with van der Waals surface area (Å²) in [5.74, 6) is 0.0201. The number of aryl methyl sites for hydroxylation is 1. The van der Waals surface area contributed by atoms with E-state index in [1.165, 1.54) is 6.92 Å². The summed E-state index contributed by atoms with van der Waals surface area (Å²) in [6, 6.07) is 5.53. The number of carbonyl (C=O) groups excluding carboxylic acids is 2. The lowest BCUT2D eigenvalue weighted by Gasteiger charge is -2.22. The molecule has 5 heteroatoms. The van der Waals surface area contributed by atoms with Gasteiger partial charge in [0.2, 0.25) is 11.8 Å². The van der Waals surface area contributed by atoms with Gasteiger partial charge in [0.1, 0.15) is 0 Å². The summed E-state index contributed by atoms with van der Waals surface area (Å²) < 4.78 is 0. The number of hydrogen-bond donors (Lipinski definition) is 1. The summed E-state index contributed by atoms with van der Waals surface area (Å²) in [6.45, 7) is 8.30. The highest BCUT2D eigenvalue weighted by Gasteiger charge is 2.16. The average Bonchev–Trinajstić information content (AvgIpc) is 2.47. The number of halogens is 1. The van der Waals surface area contributed by atoms with Crippen LogP contribution in [0, 0.1) is 12.8 Å². The van der Waals surface area contributed by atoms with Gasteiger partial charge in [-0.2, -0.15) is 0 Å². The molecule has 0 aliphatic heterocycles. The van der Waals surface area contributed by atoms with Gasteiger partial charge in [-0.05, 0) is 37.5 Å². The van der Waals surface area contributed by atoms with Crippen LogP contribution >= 0.6 is 11.6 Å². The Labute approximate surface area is 137 Å². The Balaban J connectivity index is 2.68. The number of anilines is 1. The van der Waals surface area contributed by atoms with E-state index in [-0.39, 0.29) is 17.7 Å². The molecule has 22 heavy (non-hydrogen) atoms. The van der Waals surface area contributed by atoms with Crippen molar-refractivity contribution in [3.05, 3.63) is 28.8 Å². The summed E-state index contributed by atoms with van der Waals surface area (Å²) >= 11 is 6.12. The van der Waals surface area contributed by atoms with Crippen LogP contribution in [-0.2, 0) is 9.59 Å². The molecule has 4 nitrogen and oxygen atoms in total. The van der Waals surface area contributed by atoms with E-state index >= 15 is 0 Å². The Kier molecular flexibility index (Phi) is 7.39. The molecular formula is C17H25ClN2O2. The quantitative estimate of drug-likeness (QED) is 0.833. The molecular weight excluding hydrogens is 300 g/mol. The van der Waals surface area contributed by atoms with E-state index in [9.17, 15) is 9.59 Å². The maximum Gasteiger partial charge on any atom is 0.223 e. The molecule has 0 aromatic heterocycles. The number of benzene rings is 1. The smallest absolute Gasteiger partial charge is 0.223 e. The molecule has 1 aromatic carbocycles. The van der Waals surface area contributed by atoms with E-state index in [0.717, 1.165) is 24.1 Å². The van der Waals surface area contributed by atoms with E-state index in [2.05, 4.69) is 5.32 Å². The van der Waals surface area contributed by atoms with Crippen molar-refractivity contribution < 1.29 is 9.59 Å². The van der Waals surface area contributed by atoms with Crippen LogP contribution in [0.25, 0.3) is 0 Å². The number of carbonyl (C=O) groups is 2. The van der Waals surface area contributed by atoms with Gasteiger partial charge in [0.25, 0.3) is 0 Å². The normalized spacial score (nSPS) is 10.6. The lowest BCUT2D eigenvalue weighted by atomic mass is 10.0. The summed E-state index contributed by atoms with van der Waals surface area (Å²) in [7, 11) is 0. The van der Waals surface area contributed by atoms with E-state index < -0.39 is 0 Å². The van der Waals surface area contributed by atoms with Crippen molar-refractivity contribution in [2.24, 2.45) is 5.92 Å². The van der Waals surface area contributed by atoms with Gasteiger partial charge in [0, 0.05) is 36.6 Å². The molecule has 1 N–H and O–H groups in total. The van der Waals surface area contributed by atoms with E-state index in [1.54, 1.807) is 11.0 Å². The molecule has 122 valence electrons. The third kappa shape index (κ3) is 5.02. The Bertz CT molecular complexity index is 527. The lowest BCUT2D eigenvalue weighted by molar-refractivity contribution is -0.125. The highest BCUT2D eigenvalue weighted by Crippen LogP contribution is 2.23. The lowest BCUT2D eigenvalue weighted by Crippen LogP contribution is -2.39. The van der Waals surface area contributed by atoms with Crippen molar-refractivity contribution in [3.63, 3.8) is 0 Å². The fourth-order valence-electron chi connectivity index (χ4n) is 2.31. The topological polar surface area (TPSA) is 49.4 Å². The van der Waals surface area contributed by atoms with Crippen LogP contribution in [0.1, 0.15) is 39.2 Å². The van der Waals surface area contributed by atoms with E-state index in [4.69, 9.17) is 11.6 Å². The minimum absolute atomic E-state index is 0.0413. The van der Waals surface area contributed by atoms with Crippen LogP contribution in [-0.4, -0.2) is 24.9 Å². The molecule has 0 saturated carbocycles. The molecule has 0 aliphatic carbocycles. The summed E-state index contributed by atoms with van der Waals surface area (Å²) in [6.07, 6.45) is 1.65. The predicted molar refractivity (Wildman–Crippen MR) is 91.3 cm³/mol. The second-order valence-electron chi connectivity index (χ2n) is 5.41. The maximum atomic E-state index is 12.0. The largest absolute Gasteiger partial charge is 0.354 e. The standard InChI is InChI=1S/C17H25ClN2O2/c1-5-14(6-2)17(22)19-9-10-20(13(4)21)15-8-7-12(3)16(18)11-15/h7-8,11,14H,5-6,9-10H2,1-4H3,(H,19,22). The summed E-state index contributed by atoms with van der Waals surface area (Å²) in [5.41, 5.74) is 1.72. The van der Waals surface area contributed by atoms with Crippen LogP contribution in [0.2, 0.25) is 5.02 Å². The van der Waals surface area contributed by atoms with Crippen LogP contribution in [0.4, 0.5) is 5.69 Å². The van der Waals surface area contributed by atoms with Crippen molar-refractivity contribution in [1.29, 1.82) is 0 Å². The number of rotatable bonds is 7. The molecule has 0 spiro atoms. The van der Waals surface area contributed by atoms with Gasteiger partial charge >= 0.3 is 0 Å². The highest BCUT2D eigenvalue weighted by molar-refractivity contribution is 6.31. The first kappa shape index (κ1) is 18.5. The van der Waals surface area contributed by atoms with Crippen LogP contribution < -0.4 is 10.2 Å². The summed E-state index contributed by atoms with van der Waals surface area (Å²) in [4.78, 5) is 25.4. The second kappa shape index (κ2) is 8.79. The van der Waals surface area contributed by atoms with Gasteiger partial charge in [-0.3, -0.25) is 9.59 Å². The fraction of sp³-hybridized carbons (Fsp3) is 0.529. The fourth-order valence-corrected chi connectivity index (χ4v) is 2.49. The van der Waals surface area contributed by atoms with Crippen molar-refractivity contribution in [2.75, 3.05) is 18.0 Å². The third-order valence-corrected chi connectivity index (χ3v) is 4.25. The van der Waals surface area contributed by atoms with Gasteiger partial charge in [0.15, 0.2) is 0 Å². The molecule has 0 atom stereocenters. The number of hydrogen-bond acceptors (Lipinski definition) is 2. The predicted octanol–water partition coefficient (Wildman–Crippen LogP) is 3.55. The molecule has 0 fully saturated rings.